The van der Waals surface area contributed by atoms with Crippen LogP contribution >= 0.6 is 11.6 Å². The van der Waals surface area contributed by atoms with E-state index in [0.717, 1.165) is 0 Å². The summed E-state index contributed by atoms with van der Waals surface area (Å²) >= 11 is 6.35. The first-order valence-corrected chi connectivity index (χ1v) is 12.1. The van der Waals surface area contributed by atoms with Crippen LogP contribution in [0.1, 0.15) is 16.7 Å². The average molecular weight is 534 g/mol. The number of hydrogen-bond donors (Lipinski definition) is 4. The zero-order chi connectivity index (χ0) is 27.4. The van der Waals surface area contributed by atoms with Crippen molar-refractivity contribution in [2.75, 3.05) is 21.3 Å². The SMILES string of the molecule is C=CC(=O)Nc1ccccc1Nc1nc(Nc2ccc3c(c2)/C(=C/c2ccccc2C#N)C(=O)N3)ncc1Cl. The number of fused-ring (bicyclic) bond motifs is 1. The van der Waals surface area contributed by atoms with Gasteiger partial charge in [0.05, 0.1) is 29.2 Å². The minimum absolute atomic E-state index is 0.257. The molecule has 0 radical (unpaired) electrons. The van der Waals surface area contributed by atoms with E-state index in [1.165, 1.54) is 12.3 Å². The second-order valence-corrected chi connectivity index (χ2v) is 8.76. The highest BCUT2D eigenvalue weighted by Crippen LogP contribution is 2.36. The van der Waals surface area contributed by atoms with Gasteiger partial charge in [0.25, 0.3) is 5.91 Å². The first-order valence-electron chi connectivity index (χ1n) is 11.7. The number of benzene rings is 3. The molecule has 0 saturated carbocycles. The monoisotopic (exact) mass is 533 g/mol. The normalized spacial score (nSPS) is 12.7. The van der Waals surface area contributed by atoms with Crippen LogP contribution in [0.2, 0.25) is 5.02 Å². The van der Waals surface area contributed by atoms with Crippen LogP contribution in [0.25, 0.3) is 11.6 Å². The number of carbonyl (C=O) groups is 2. The number of amides is 2. The third-order valence-corrected chi connectivity index (χ3v) is 6.08. The van der Waals surface area contributed by atoms with Gasteiger partial charge in [0.1, 0.15) is 5.02 Å². The van der Waals surface area contributed by atoms with E-state index in [-0.39, 0.29) is 22.8 Å². The lowest BCUT2D eigenvalue weighted by atomic mass is 10.0. The van der Waals surface area contributed by atoms with Crippen LogP contribution in [0, 0.1) is 11.3 Å². The molecular weight excluding hydrogens is 514 g/mol. The molecule has 5 rings (SSSR count). The molecule has 0 saturated heterocycles. The van der Waals surface area contributed by atoms with E-state index in [4.69, 9.17) is 11.6 Å². The van der Waals surface area contributed by atoms with E-state index in [1.807, 2.05) is 6.07 Å². The Balaban J connectivity index is 1.42. The molecule has 190 valence electrons. The molecule has 1 aliphatic rings. The highest BCUT2D eigenvalue weighted by molar-refractivity contribution is 6.35. The Morgan fingerprint density at radius 1 is 1.05 bits per heavy atom. The van der Waals surface area contributed by atoms with Crippen molar-refractivity contribution in [2.24, 2.45) is 0 Å². The molecule has 0 unspecified atom stereocenters. The van der Waals surface area contributed by atoms with Crippen molar-refractivity contribution >= 4 is 69.6 Å². The number of aromatic nitrogens is 2. The first kappa shape index (κ1) is 25.2. The molecule has 0 aliphatic carbocycles. The molecule has 3 aromatic carbocycles. The van der Waals surface area contributed by atoms with Crippen LogP contribution in [0.5, 0.6) is 0 Å². The standard InChI is InChI=1S/C29H20ClN7O2/c1-2-26(38)34-24-9-5-6-10-25(24)35-27-22(30)16-32-29(37-27)33-19-11-12-23-20(14-19)21(28(39)36-23)13-17-7-3-4-8-18(17)15-31/h2-14,16H,1H2,(H,34,38)(H,36,39)(H2,32,33,35,37)/b21-13-. The molecule has 0 spiro atoms. The largest absolute Gasteiger partial charge is 0.337 e. The maximum atomic E-state index is 12.7. The van der Waals surface area contributed by atoms with Crippen LogP contribution in [0.15, 0.2) is 85.6 Å². The van der Waals surface area contributed by atoms with Crippen molar-refractivity contribution in [1.82, 2.24) is 9.97 Å². The Bertz CT molecular complexity index is 1710. The minimum Gasteiger partial charge on any atom is -0.337 e. The van der Waals surface area contributed by atoms with Crippen molar-refractivity contribution in [1.29, 1.82) is 5.26 Å². The van der Waals surface area contributed by atoms with Crippen molar-refractivity contribution in [3.05, 3.63) is 107 Å². The molecule has 1 aromatic heterocycles. The number of nitriles is 1. The fourth-order valence-corrected chi connectivity index (χ4v) is 4.08. The number of para-hydroxylation sites is 2. The van der Waals surface area contributed by atoms with Crippen LogP contribution in [0.3, 0.4) is 0 Å². The maximum Gasteiger partial charge on any atom is 0.256 e. The smallest absolute Gasteiger partial charge is 0.256 e. The Labute approximate surface area is 228 Å². The first-order chi connectivity index (χ1) is 18.9. The van der Waals surface area contributed by atoms with E-state index in [2.05, 4.69) is 43.9 Å². The summed E-state index contributed by atoms with van der Waals surface area (Å²) in [5, 5.41) is 21.5. The average Bonchev–Trinajstić information content (AvgIpc) is 3.25. The number of rotatable bonds is 7. The van der Waals surface area contributed by atoms with Gasteiger partial charge in [0.2, 0.25) is 11.9 Å². The van der Waals surface area contributed by atoms with Gasteiger partial charge in [-0.3, -0.25) is 9.59 Å². The van der Waals surface area contributed by atoms with Gasteiger partial charge in [0.15, 0.2) is 5.82 Å². The van der Waals surface area contributed by atoms with Crippen molar-refractivity contribution in [3.63, 3.8) is 0 Å². The molecule has 4 N–H and O–H groups in total. The second-order valence-electron chi connectivity index (χ2n) is 8.35. The van der Waals surface area contributed by atoms with Gasteiger partial charge in [-0.1, -0.05) is 48.5 Å². The molecule has 4 aromatic rings. The summed E-state index contributed by atoms with van der Waals surface area (Å²) in [6.45, 7) is 3.47. The molecule has 0 atom stereocenters. The van der Waals surface area contributed by atoms with Crippen LogP contribution < -0.4 is 21.3 Å². The molecule has 2 heterocycles. The summed E-state index contributed by atoms with van der Waals surface area (Å²) in [4.78, 5) is 33.3. The van der Waals surface area contributed by atoms with Gasteiger partial charge in [0, 0.05) is 22.5 Å². The number of hydrogen-bond acceptors (Lipinski definition) is 7. The van der Waals surface area contributed by atoms with Crippen molar-refractivity contribution < 1.29 is 9.59 Å². The highest BCUT2D eigenvalue weighted by atomic mass is 35.5. The van der Waals surface area contributed by atoms with Crippen molar-refractivity contribution in [3.8, 4) is 6.07 Å². The number of anilines is 6. The van der Waals surface area contributed by atoms with E-state index in [9.17, 15) is 14.9 Å². The Morgan fingerprint density at radius 3 is 2.62 bits per heavy atom. The molecule has 39 heavy (non-hydrogen) atoms. The Hall–Kier alpha value is -5.46. The van der Waals surface area contributed by atoms with Crippen LogP contribution in [-0.4, -0.2) is 21.8 Å². The Kier molecular flexibility index (Phi) is 7.03. The van der Waals surface area contributed by atoms with Crippen LogP contribution in [-0.2, 0) is 9.59 Å². The van der Waals surface area contributed by atoms with Gasteiger partial charge in [-0.25, -0.2) is 4.98 Å². The molecule has 0 fully saturated rings. The lowest BCUT2D eigenvalue weighted by Gasteiger charge is -2.14. The lowest BCUT2D eigenvalue weighted by Crippen LogP contribution is -2.09. The van der Waals surface area contributed by atoms with E-state index in [0.29, 0.717) is 50.8 Å². The number of nitrogens with one attached hydrogen (secondary N) is 4. The molecule has 0 bridgehead atoms. The van der Waals surface area contributed by atoms with Gasteiger partial charge < -0.3 is 21.3 Å². The fourth-order valence-electron chi connectivity index (χ4n) is 3.95. The predicted molar refractivity (Wildman–Crippen MR) is 153 cm³/mol. The second kappa shape index (κ2) is 10.9. The predicted octanol–water partition coefficient (Wildman–Crippen LogP) is 6.11. The van der Waals surface area contributed by atoms with E-state index < -0.39 is 0 Å². The molecule has 10 heteroatoms. The summed E-state index contributed by atoms with van der Waals surface area (Å²) < 4.78 is 0. The summed E-state index contributed by atoms with van der Waals surface area (Å²) in [7, 11) is 0. The fraction of sp³-hybridized carbons (Fsp3) is 0. The number of halogens is 1. The number of nitrogens with zero attached hydrogens (tertiary/aromatic N) is 3. The van der Waals surface area contributed by atoms with Crippen molar-refractivity contribution in [2.45, 2.75) is 0 Å². The third-order valence-electron chi connectivity index (χ3n) is 5.81. The third kappa shape index (κ3) is 5.46. The maximum absolute atomic E-state index is 12.7. The zero-order valence-corrected chi connectivity index (χ0v) is 21.1. The van der Waals surface area contributed by atoms with E-state index >= 15 is 0 Å². The van der Waals surface area contributed by atoms with E-state index in [1.54, 1.807) is 66.7 Å². The van der Waals surface area contributed by atoms with Gasteiger partial charge in [-0.15, -0.1) is 0 Å². The summed E-state index contributed by atoms with van der Waals surface area (Å²) in [6, 6.07) is 21.7. The van der Waals surface area contributed by atoms with Crippen LogP contribution in [0.4, 0.5) is 34.5 Å². The molecule has 2 amide bonds. The Morgan fingerprint density at radius 2 is 1.82 bits per heavy atom. The minimum atomic E-state index is -0.352. The molecular formula is C29H20ClN7O2. The summed E-state index contributed by atoms with van der Waals surface area (Å²) in [5.41, 5.74) is 4.64. The molecule has 9 nitrogen and oxygen atoms in total. The summed E-state index contributed by atoms with van der Waals surface area (Å²) in [6.07, 6.45) is 4.33. The van der Waals surface area contributed by atoms with Gasteiger partial charge >= 0.3 is 0 Å². The topological polar surface area (TPSA) is 132 Å². The van der Waals surface area contributed by atoms with Gasteiger partial charge in [-0.05, 0) is 54.1 Å². The zero-order valence-electron chi connectivity index (χ0n) is 20.3. The highest BCUT2D eigenvalue weighted by Gasteiger charge is 2.25. The lowest BCUT2D eigenvalue weighted by molar-refractivity contribution is -0.112. The summed E-state index contributed by atoms with van der Waals surface area (Å²) in [5.74, 6) is -0.0332. The molecule has 1 aliphatic heterocycles. The quantitative estimate of drug-likeness (QED) is 0.211. The van der Waals surface area contributed by atoms with Gasteiger partial charge in [-0.2, -0.15) is 10.2 Å². The number of carbonyl (C=O) groups excluding carboxylic acids is 2.